The SMILES string of the molecule is CC(C)N(C(=O)CSc1n[nH]c(C2CCCO2)n1)c1ccccc1. The number of hydrogen-bond acceptors (Lipinski definition) is 5. The highest BCUT2D eigenvalue weighted by atomic mass is 32.2. The van der Waals surface area contributed by atoms with Gasteiger partial charge in [0.05, 0.1) is 5.75 Å². The van der Waals surface area contributed by atoms with Crippen LogP contribution in [0.3, 0.4) is 0 Å². The lowest BCUT2D eigenvalue weighted by atomic mass is 10.2. The van der Waals surface area contributed by atoms with Crippen LogP contribution in [0.5, 0.6) is 0 Å². The van der Waals surface area contributed by atoms with Crippen LogP contribution < -0.4 is 4.90 Å². The van der Waals surface area contributed by atoms with E-state index in [-0.39, 0.29) is 18.1 Å². The second-order valence-electron chi connectivity index (χ2n) is 5.99. The maximum Gasteiger partial charge on any atom is 0.237 e. The molecule has 3 rings (SSSR count). The van der Waals surface area contributed by atoms with Gasteiger partial charge in [0.15, 0.2) is 5.82 Å². The number of hydrogen-bond donors (Lipinski definition) is 1. The van der Waals surface area contributed by atoms with E-state index in [1.165, 1.54) is 11.8 Å². The highest BCUT2D eigenvalue weighted by Crippen LogP contribution is 2.27. The Morgan fingerprint density at radius 2 is 2.21 bits per heavy atom. The van der Waals surface area contributed by atoms with Crippen molar-refractivity contribution in [3.8, 4) is 0 Å². The number of H-pyrrole nitrogens is 1. The summed E-state index contributed by atoms with van der Waals surface area (Å²) in [7, 11) is 0. The number of benzene rings is 1. The predicted molar refractivity (Wildman–Crippen MR) is 94.1 cm³/mol. The van der Waals surface area contributed by atoms with Gasteiger partial charge in [-0.05, 0) is 38.8 Å². The molecule has 1 unspecified atom stereocenters. The quantitative estimate of drug-likeness (QED) is 0.813. The average molecular weight is 346 g/mol. The molecule has 0 saturated carbocycles. The van der Waals surface area contributed by atoms with Crippen LogP contribution in [0.4, 0.5) is 5.69 Å². The Morgan fingerprint density at radius 3 is 2.88 bits per heavy atom. The number of para-hydroxylation sites is 1. The minimum atomic E-state index is 0.0130. The minimum absolute atomic E-state index is 0.0130. The van der Waals surface area contributed by atoms with Crippen molar-refractivity contribution in [2.75, 3.05) is 17.3 Å². The molecule has 1 amide bonds. The number of thioether (sulfide) groups is 1. The molecule has 1 atom stereocenters. The molecule has 6 nitrogen and oxygen atoms in total. The number of nitrogens with one attached hydrogen (secondary N) is 1. The molecule has 1 aromatic carbocycles. The number of amides is 1. The first kappa shape index (κ1) is 17.0. The fourth-order valence-corrected chi connectivity index (χ4v) is 3.44. The van der Waals surface area contributed by atoms with Crippen molar-refractivity contribution in [2.24, 2.45) is 0 Å². The molecule has 0 spiro atoms. The molecule has 0 aliphatic carbocycles. The third-order valence-electron chi connectivity index (χ3n) is 3.86. The lowest BCUT2D eigenvalue weighted by Crippen LogP contribution is -2.38. The summed E-state index contributed by atoms with van der Waals surface area (Å²) < 4.78 is 5.59. The second-order valence-corrected chi connectivity index (χ2v) is 6.93. The van der Waals surface area contributed by atoms with E-state index in [4.69, 9.17) is 4.74 Å². The van der Waals surface area contributed by atoms with Crippen LogP contribution in [0.15, 0.2) is 35.5 Å². The summed E-state index contributed by atoms with van der Waals surface area (Å²) in [5.74, 6) is 1.10. The van der Waals surface area contributed by atoms with E-state index in [9.17, 15) is 4.79 Å². The van der Waals surface area contributed by atoms with Gasteiger partial charge in [-0.3, -0.25) is 9.89 Å². The molecule has 1 fully saturated rings. The smallest absolute Gasteiger partial charge is 0.237 e. The standard InChI is InChI=1S/C17H22N4O2S/c1-12(2)21(13-7-4-3-5-8-13)15(22)11-24-17-18-16(19-20-17)14-9-6-10-23-14/h3-5,7-8,12,14H,6,9-11H2,1-2H3,(H,18,19,20). The first-order chi connectivity index (χ1) is 11.6. The number of nitrogens with zero attached hydrogens (tertiary/aromatic N) is 3. The molecule has 128 valence electrons. The number of aromatic amines is 1. The molecular formula is C17H22N4O2S. The van der Waals surface area contributed by atoms with Gasteiger partial charge in [0, 0.05) is 18.3 Å². The lowest BCUT2D eigenvalue weighted by Gasteiger charge is -2.26. The highest BCUT2D eigenvalue weighted by Gasteiger charge is 2.23. The van der Waals surface area contributed by atoms with Crippen molar-refractivity contribution in [1.82, 2.24) is 15.2 Å². The number of ether oxygens (including phenoxy) is 1. The van der Waals surface area contributed by atoms with E-state index < -0.39 is 0 Å². The maximum atomic E-state index is 12.6. The number of anilines is 1. The molecule has 24 heavy (non-hydrogen) atoms. The van der Waals surface area contributed by atoms with E-state index in [0.717, 1.165) is 31.0 Å². The highest BCUT2D eigenvalue weighted by molar-refractivity contribution is 7.99. The maximum absolute atomic E-state index is 12.6. The van der Waals surface area contributed by atoms with Crippen molar-refractivity contribution >= 4 is 23.4 Å². The van der Waals surface area contributed by atoms with Gasteiger partial charge in [-0.2, -0.15) is 0 Å². The predicted octanol–water partition coefficient (Wildman–Crippen LogP) is 3.19. The van der Waals surface area contributed by atoms with E-state index >= 15 is 0 Å². The second kappa shape index (κ2) is 7.81. The molecule has 0 bridgehead atoms. The van der Waals surface area contributed by atoms with Gasteiger partial charge in [-0.25, -0.2) is 4.98 Å². The molecule has 0 radical (unpaired) electrons. The van der Waals surface area contributed by atoms with E-state index in [2.05, 4.69) is 15.2 Å². The Hall–Kier alpha value is -1.86. The third-order valence-corrected chi connectivity index (χ3v) is 4.69. The largest absolute Gasteiger partial charge is 0.370 e. The zero-order valence-corrected chi connectivity index (χ0v) is 14.8. The number of carbonyl (C=O) groups excluding carboxylic acids is 1. The number of aromatic nitrogens is 3. The molecule has 7 heteroatoms. The van der Waals surface area contributed by atoms with Gasteiger partial charge in [0.2, 0.25) is 11.1 Å². The molecule has 1 aliphatic rings. The topological polar surface area (TPSA) is 71.1 Å². The summed E-state index contributed by atoms with van der Waals surface area (Å²) in [6.07, 6.45) is 2.03. The Balaban J connectivity index is 1.61. The number of carbonyl (C=O) groups is 1. The normalized spacial score (nSPS) is 17.4. The van der Waals surface area contributed by atoms with Crippen LogP contribution in [-0.4, -0.2) is 39.5 Å². The minimum Gasteiger partial charge on any atom is -0.370 e. The average Bonchev–Trinajstić information content (AvgIpc) is 3.25. The van der Waals surface area contributed by atoms with Crippen LogP contribution >= 0.6 is 11.8 Å². The van der Waals surface area contributed by atoms with Crippen LogP contribution in [0.2, 0.25) is 0 Å². The van der Waals surface area contributed by atoms with Crippen molar-refractivity contribution < 1.29 is 9.53 Å². The fraction of sp³-hybridized carbons (Fsp3) is 0.471. The summed E-state index contributed by atoms with van der Waals surface area (Å²) in [6, 6.07) is 9.81. The van der Waals surface area contributed by atoms with Gasteiger partial charge in [-0.15, -0.1) is 5.10 Å². The third kappa shape index (κ3) is 3.96. The van der Waals surface area contributed by atoms with Gasteiger partial charge in [-0.1, -0.05) is 30.0 Å². The number of rotatable bonds is 6. The molecule has 1 aromatic heterocycles. The Labute approximate surface area is 146 Å². The van der Waals surface area contributed by atoms with Crippen LogP contribution in [0, 0.1) is 0 Å². The van der Waals surface area contributed by atoms with Crippen LogP contribution in [0.1, 0.15) is 38.6 Å². The fourth-order valence-electron chi connectivity index (χ4n) is 2.77. The van der Waals surface area contributed by atoms with Gasteiger partial charge < -0.3 is 9.64 Å². The van der Waals surface area contributed by atoms with Crippen molar-refractivity contribution in [2.45, 2.75) is 44.0 Å². The molecule has 1 aliphatic heterocycles. The summed E-state index contributed by atoms with van der Waals surface area (Å²) in [5.41, 5.74) is 0.910. The van der Waals surface area contributed by atoms with E-state index in [1.54, 1.807) is 4.90 Å². The van der Waals surface area contributed by atoms with Crippen molar-refractivity contribution in [3.05, 3.63) is 36.2 Å². The Bertz CT molecular complexity index is 668. The molecule has 1 N–H and O–H groups in total. The zero-order chi connectivity index (χ0) is 16.9. The lowest BCUT2D eigenvalue weighted by molar-refractivity contribution is -0.116. The van der Waals surface area contributed by atoms with Gasteiger partial charge >= 0.3 is 0 Å². The summed E-state index contributed by atoms with van der Waals surface area (Å²) in [5, 5.41) is 7.70. The summed E-state index contributed by atoms with van der Waals surface area (Å²) in [4.78, 5) is 18.9. The van der Waals surface area contributed by atoms with E-state index in [0.29, 0.717) is 10.9 Å². The van der Waals surface area contributed by atoms with Crippen LogP contribution in [0.25, 0.3) is 0 Å². The Kier molecular flexibility index (Phi) is 5.52. The van der Waals surface area contributed by atoms with Crippen molar-refractivity contribution in [1.29, 1.82) is 0 Å². The summed E-state index contributed by atoms with van der Waals surface area (Å²) >= 11 is 1.35. The molecular weight excluding hydrogens is 324 g/mol. The monoisotopic (exact) mass is 346 g/mol. The van der Waals surface area contributed by atoms with Crippen molar-refractivity contribution in [3.63, 3.8) is 0 Å². The summed E-state index contributed by atoms with van der Waals surface area (Å²) in [6.45, 7) is 4.79. The van der Waals surface area contributed by atoms with Gasteiger partial charge in [0.25, 0.3) is 0 Å². The first-order valence-corrected chi connectivity index (χ1v) is 9.17. The van der Waals surface area contributed by atoms with Gasteiger partial charge in [0.1, 0.15) is 6.10 Å². The van der Waals surface area contributed by atoms with E-state index in [1.807, 2.05) is 44.2 Å². The molecule has 2 aromatic rings. The molecule has 2 heterocycles. The van der Waals surface area contributed by atoms with Crippen LogP contribution in [-0.2, 0) is 9.53 Å². The molecule has 1 saturated heterocycles. The Morgan fingerprint density at radius 1 is 1.42 bits per heavy atom. The first-order valence-electron chi connectivity index (χ1n) is 8.19. The zero-order valence-electron chi connectivity index (χ0n) is 13.9.